The molecular weight excluding hydrogens is 336 g/mol. The second-order valence-corrected chi connectivity index (χ2v) is 7.25. The molecule has 0 saturated carbocycles. The van der Waals surface area contributed by atoms with E-state index in [2.05, 4.69) is 15.2 Å². The number of aliphatic hydroxyl groups excluding tert-OH is 1. The van der Waals surface area contributed by atoms with Gasteiger partial charge in [-0.15, -0.1) is 11.3 Å². The van der Waals surface area contributed by atoms with Gasteiger partial charge in [-0.3, -0.25) is 9.69 Å². The monoisotopic (exact) mass is 356 g/mol. The van der Waals surface area contributed by atoms with E-state index in [0.29, 0.717) is 30.6 Å². The molecule has 1 aromatic heterocycles. The molecular formula is C18H20N4O2S. The van der Waals surface area contributed by atoms with Crippen molar-refractivity contribution in [2.75, 3.05) is 13.1 Å². The van der Waals surface area contributed by atoms with Crippen LogP contribution < -0.4 is 5.32 Å². The molecule has 130 valence electrons. The molecule has 2 N–H and O–H groups in total. The van der Waals surface area contributed by atoms with E-state index >= 15 is 0 Å². The summed E-state index contributed by atoms with van der Waals surface area (Å²) in [6.45, 7) is 3.95. The van der Waals surface area contributed by atoms with Gasteiger partial charge in [0.25, 0.3) is 5.91 Å². The number of likely N-dealkylation sites (tertiary alicyclic amines) is 1. The Kier molecular flexibility index (Phi) is 5.43. The molecule has 2 heterocycles. The van der Waals surface area contributed by atoms with Crippen LogP contribution in [0.1, 0.15) is 33.0 Å². The van der Waals surface area contributed by atoms with E-state index in [1.54, 1.807) is 35.6 Å². The Morgan fingerprint density at radius 3 is 3.00 bits per heavy atom. The topological polar surface area (TPSA) is 89.3 Å². The van der Waals surface area contributed by atoms with Crippen molar-refractivity contribution in [3.63, 3.8) is 0 Å². The van der Waals surface area contributed by atoms with Gasteiger partial charge in [-0.25, -0.2) is 4.98 Å². The second-order valence-electron chi connectivity index (χ2n) is 6.19. The maximum absolute atomic E-state index is 12.4. The highest BCUT2D eigenvalue weighted by atomic mass is 32.1. The molecule has 3 rings (SSSR count). The minimum atomic E-state index is -0.647. The van der Waals surface area contributed by atoms with Gasteiger partial charge in [0.05, 0.1) is 40.0 Å². The molecule has 2 aromatic rings. The van der Waals surface area contributed by atoms with Crippen LogP contribution in [0.25, 0.3) is 0 Å². The summed E-state index contributed by atoms with van der Waals surface area (Å²) in [7, 11) is 0. The molecule has 6 nitrogen and oxygen atoms in total. The van der Waals surface area contributed by atoms with Crippen LogP contribution >= 0.6 is 11.3 Å². The lowest BCUT2D eigenvalue weighted by Crippen LogP contribution is -2.53. The number of hydrogen-bond donors (Lipinski definition) is 2. The van der Waals surface area contributed by atoms with Gasteiger partial charge >= 0.3 is 0 Å². The number of nitrogens with one attached hydrogen (secondary N) is 1. The number of nitriles is 1. The molecule has 0 unspecified atom stereocenters. The van der Waals surface area contributed by atoms with Gasteiger partial charge in [-0.2, -0.15) is 5.26 Å². The molecule has 25 heavy (non-hydrogen) atoms. The van der Waals surface area contributed by atoms with E-state index in [9.17, 15) is 9.90 Å². The summed E-state index contributed by atoms with van der Waals surface area (Å²) in [5.74, 6) is -0.315. The van der Waals surface area contributed by atoms with Crippen molar-refractivity contribution in [3.8, 4) is 6.07 Å². The van der Waals surface area contributed by atoms with E-state index in [0.717, 1.165) is 17.2 Å². The molecule has 0 radical (unpaired) electrons. The average molecular weight is 356 g/mol. The third kappa shape index (κ3) is 4.23. The minimum Gasteiger partial charge on any atom is -0.390 e. The van der Waals surface area contributed by atoms with E-state index in [4.69, 9.17) is 5.26 Å². The van der Waals surface area contributed by atoms with Crippen molar-refractivity contribution in [2.24, 2.45) is 0 Å². The molecule has 1 fully saturated rings. The smallest absolute Gasteiger partial charge is 0.252 e. The van der Waals surface area contributed by atoms with Gasteiger partial charge in [-0.05, 0) is 25.5 Å². The number of hydrogen-bond acceptors (Lipinski definition) is 6. The quantitative estimate of drug-likeness (QED) is 0.870. The van der Waals surface area contributed by atoms with Gasteiger partial charge < -0.3 is 10.4 Å². The van der Waals surface area contributed by atoms with Crippen LogP contribution in [0.4, 0.5) is 0 Å². The highest BCUT2D eigenvalue weighted by Gasteiger charge is 2.29. The van der Waals surface area contributed by atoms with Crippen molar-refractivity contribution in [1.29, 1.82) is 5.26 Å². The summed E-state index contributed by atoms with van der Waals surface area (Å²) >= 11 is 1.62. The van der Waals surface area contributed by atoms with Gasteiger partial charge in [-0.1, -0.05) is 12.1 Å². The number of amides is 1. The number of nitrogens with zero attached hydrogens (tertiary/aromatic N) is 3. The number of aryl methyl sites for hydroxylation is 1. The Morgan fingerprint density at radius 1 is 1.52 bits per heavy atom. The summed E-state index contributed by atoms with van der Waals surface area (Å²) in [6.07, 6.45) is 0.0109. The Balaban J connectivity index is 1.58. The lowest BCUT2D eigenvalue weighted by Gasteiger charge is -2.36. The molecule has 0 spiro atoms. The highest BCUT2D eigenvalue weighted by molar-refractivity contribution is 7.09. The lowest BCUT2D eigenvalue weighted by atomic mass is 10.0. The zero-order chi connectivity index (χ0) is 17.8. The predicted octanol–water partition coefficient (Wildman–Crippen LogP) is 1.69. The first kappa shape index (κ1) is 17.5. The number of aromatic nitrogens is 1. The maximum atomic E-state index is 12.4. The highest BCUT2D eigenvalue weighted by Crippen LogP contribution is 2.17. The Bertz CT molecular complexity index is 798. The molecule has 2 atom stereocenters. The average Bonchev–Trinajstić information content (AvgIpc) is 3.02. The minimum absolute atomic E-state index is 0.312. The molecule has 0 bridgehead atoms. The van der Waals surface area contributed by atoms with Crippen molar-refractivity contribution in [3.05, 3.63) is 51.5 Å². The number of carbonyl (C=O) groups excluding carboxylic acids is 1. The molecule has 7 heteroatoms. The number of piperidine rings is 1. The molecule has 1 aliphatic rings. The SMILES string of the molecule is Cc1nc(CN2CC[C@@H](NC(=O)c3ccccc3C#N)[C@H](O)C2)cs1. The zero-order valence-electron chi connectivity index (χ0n) is 14.0. The number of rotatable bonds is 4. The van der Waals surface area contributed by atoms with Crippen molar-refractivity contribution < 1.29 is 9.90 Å². The van der Waals surface area contributed by atoms with Crippen LogP contribution in [0.15, 0.2) is 29.6 Å². The van der Waals surface area contributed by atoms with E-state index in [1.807, 2.05) is 18.4 Å². The van der Waals surface area contributed by atoms with Crippen LogP contribution in [-0.4, -0.2) is 46.1 Å². The van der Waals surface area contributed by atoms with Crippen LogP contribution in [0, 0.1) is 18.3 Å². The number of thiazole rings is 1. The fourth-order valence-corrected chi connectivity index (χ4v) is 3.65. The largest absolute Gasteiger partial charge is 0.390 e. The number of benzene rings is 1. The number of β-amino-alcohol motifs (C(OH)–C–C–N with tert-alkyl or cyclic N) is 1. The van der Waals surface area contributed by atoms with Crippen LogP contribution in [0.3, 0.4) is 0 Å². The molecule has 1 aromatic carbocycles. The van der Waals surface area contributed by atoms with Gasteiger partial charge in [0.15, 0.2) is 0 Å². The summed E-state index contributed by atoms with van der Waals surface area (Å²) < 4.78 is 0. The van der Waals surface area contributed by atoms with E-state index < -0.39 is 6.10 Å². The fourth-order valence-electron chi connectivity index (χ4n) is 3.04. The standard InChI is InChI=1S/C18H20N4O2S/c1-12-20-14(11-25-12)9-22-7-6-16(17(23)10-22)21-18(24)15-5-3-2-4-13(15)8-19/h2-5,11,16-17,23H,6-7,9-10H2,1H3,(H,21,24)/t16-,17-/m1/s1. The Hall–Kier alpha value is -2.27. The van der Waals surface area contributed by atoms with Crippen molar-refractivity contribution in [2.45, 2.75) is 32.0 Å². The third-order valence-electron chi connectivity index (χ3n) is 4.33. The second kappa shape index (κ2) is 7.74. The van der Waals surface area contributed by atoms with Crippen LogP contribution in [0.5, 0.6) is 0 Å². The van der Waals surface area contributed by atoms with Crippen LogP contribution in [0.2, 0.25) is 0 Å². The van der Waals surface area contributed by atoms with Gasteiger partial charge in [0, 0.05) is 25.0 Å². The maximum Gasteiger partial charge on any atom is 0.252 e. The number of carbonyl (C=O) groups is 1. The van der Waals surface area contributed by atoms with Gasteiger partial charge in [0.2, 0.25) is 0 Å². The van der Waals surface area contributed by atoms with Crippen LogP contribution in [-0.2, 0) is 6.54 Å². The first-order valence-electron chi connectivity index (χ1n) is 8.18. The van der Waals surface area contributed by atoms with E-state index in [1.165, 1.54) is 0 Å². The molecule has 1 aliphatic heterocycles. The Labute approximate surface area is 150 Å². The molecule has 0 aliphatic carbocycles. The first-order chi connectivity index (χ1) is 12.1. The number of aliphatic hydroxyl groups is 1. The molecule has 1 saturated heterocycles. The summed E-state index contributed by atoms with van der Waals surface area (Å²) in [4.78, 5) is 19.0. The Morgan fingerprint density at radius 2 is 2.32 bits per heavy atom. The first-order valence-corrected chi connectivity index (χ1v) is 9.06. The summed E-state index contributed by atoms with van der Waals surface area (Å²) in [5, 5.41) is 25.5. The summed E-state index contributed by atoms with van der Waals surface area (Å²) in [6, 6.07) is 8.40. The lowest BCUT2D eigenvalue weighted by molar-refractivity contribution is 0.0346. The van der Waals surface area contributed by atoms with Crippen molar-refractivity contribution >= 4 is 17.2 Å². The predicted molar refractivity (Wildman–Crippen MR) is 95.2 cm³/mol. The normalized spacial score (nSPS) is 20.8. The van der Waals surface area contributed by atoms with Crippen molar-refractivity contribution in [1.82, 2.24) is 15.2 Å². The van der Waals surface area contributed by atoms with E-state index in [-0.39, 0.29) is 11.9 Å². The zero-order valence-corrected chi connectivity index (χ0v) is 14.8. The third-order valence-corrected chi connectivity index (χ3v) is 5.15. The fraction of sp³-hybridized carbons (Fsp3) is 0.389. The molecule has 1 amide bonds. The summed E-state index contributed by atoms with van der Waals surface area (Å²) in [5.41, 5.74) is 1.70. The van der Waals surface area contributed by atoms with Gasteiger partial charge in [0.1, 0.15) is 0 Å².